The van der Waals surface area contributed by atoms with Crippen LogP contribution in [0.15, 0.2) is 133 Å². The summed E-state index contributed by atoms with van der Waals surface area (Å²) in [5.41, 5.74) is 6.26. The smallest absolute Gasteiger partial charge is 0.375 e. The van der Waals surface area contributed by atoms with Crippen molar-refractivity contribution in [1.82, 2.24) is 0 Å². The van der Waals surface area contributed by atoms with Gasteiger partial charge in [0, 0.05) is 11.1 Å². The van der Waals surface area contributed by atoms with Crippen LogP contribution in [0.4, 0.5) is 26.3 Å². The molecule has 0 saturated carbocycles. The van der Waals surface area contributed by atoms with Crippen molar-refractivity contribution < 1.29 is 51.5 Å². The van der Waals surface area contributed by atoms with Gasteiger partial charge in [-0.1, -0.05) is 107 Å². The molecule has 0 radical (unpaired) electrons. The molecule has 14 heteroatoms. The number of aryl methyl sites for hydroxylation is 12. The largest absolute Gasteiger partial charge is 0.534 e. The van der Waals surface area contributed by atoms with Crippen molar-refractivity contribution >= 4 is 52.6 Å². The van der Waals surface area contributed by atoms with E-state index in [1.54, 1.807) is 24.3 Å². The summed E-state index contributed by atoms with van der Waals surface area (Å²) in [5.74, 6) is -1.17. The second kappa shape index (κ2) is 20.5. The second-order valence-electron chi connectivity index (χ2n) is 21.9. The molecular weight excluding hydrogens is 1090 g/mol. The molecule has 0 atom stereocenters. The Labute approximate surface area is 474 Å². The molecular formula is C68H58F6O6S2. The molecule has 6 nitrogen and oxygen atoms in total. The van der Waals surface area contributed by atoms with Crippen molar-refractivity contribution in [2.45, 2.75) is 94.1 Å². The molecule has 0 spiro atoms. The van der Waals surface area contributed by atoms with Crippen LogP contribution in [0.3, 0.4) is 0 Å². The maximum Gasteiger partial charge on any atom is 0.534 e. The van der Waals surface area contributed by atoms with Gasteiger partial charge in [-0.25, -0.2) is 0 Å². The molecule has 82 heavy (non-hydrogen) atoms. The van der Waals surface area contributed by atoms with E-state index in [4.69, 9.17) is 8.37 Å². The standard InChI is InChI=1S/C68H58F6O6S2/c1-35-21-39(5)63(40(6)22-35)47-13-17-51-53(29-47)57(59-31-49(65-43(9)25-37(3)26-44(65)10)15-19-61(59)79-81(75,76)67(69,70)71)33-56-52-18-14-48(64-41(7)23-36(2)24-42(64)8)30-54(52)58(34-55(51)56)60-32-50(66-45(11)27-38(4)28-46(66)12)16-20-62(60)80-82(77,78)68(72,73)74/h13-34H,1-12H3. The highest BCUT2D eigenvalue weighted by atomic mass is 32.2. The number of benzene rings is 10. The molecule has 0 amide bonds. The zero-order valence-electron chi connectivity index (χ0n) is 47.2. The van der Waals surface area contributed by atoms with E-state index in [1.807, 2.05) is 168 Å². The van der Waals surface area contributed by atoms with Crippen LogP contribution in [0, 0.1) is 83.1 Å². The van der Waals surface area contributed by atoms with Gasteiger partial charge >= 0.3 is 31.3 Å². The molecule has 0 aliphatic carbocycles. The van der Waals surface area contributed by atoms with E-state index in [2.05, 4.69) is 0 Å². The van der Waals surface area contributed by atoms with Gasteiger partial charge in [0.1, 0.15) is 0 Å². The van der Waals surface area contributed by atoms with E-state index in [9.17, 15) is 43.2 Å². The fourth-order valence-electron chi connectivity index (χ4n) is 12.6. The predicted molar refractivity (Wildman–Crippen MR) is 320 cm³/mol. The summed E-state index contributed by atoms with van der Waals surface area (Å²) in [4.78, 5) is 0. The van der Waals surface area contributed by atoms with E-state index < -0.39 is 42.8 Å². The number of alkyl halides is 6. The average molecular weight is 1150 g/mol. The molecule has 0 unspecified atom stereocenters. The molecule has 10 rings (SSSR count). The number of hydrogen-bond donors (Lipinski definition) is 0. The second-order valence-corrected chi connectivity index (χ2v) is 25.0. The molecule has 0 bridgehead atoms. The first-order valence-electron chi connectivity index (χ1n) is 26.4. The molecule has 10 aromatic carbocycles. The summed E-state index contributed by atoms with van der Waals surface area (Å²) in [6, 6.07) is 39.8. The van der Waals surface area contributed by atoms with Gasteiger partial charge < -0.3 is 8.37 Å². The van der Waals surface area contributed by atoms with Crippen LogP contribution in [0.2, 0.25) is 0 Å². The van der Waals surface area contributed by atoms with Gasteiger partial charge in [0.15, 0.2) is 11.5 Å². The Hall–Kier alpha value is -7.94. The lowest BCUT2D eigenvalue weighted by Crippen LogP contribution is -2.28. The van der Waals surface area contributed by atoms with Gasteiger partial charge in [-0.05, 0) is 264 Å². The summed E-state index contributed by atoms with van der Waals surface area (Å²) in [6.45, 7) is 23.4. The fraction of sp³-hybridized carbons (Fsp3) is 0.206. The Balaban J connectivity index is 1.41. The van der Waals surface area contributed by atoms with Crippen molar-refractivity contribution in [1.29, 1.82) is 0 Å². The third-order valence-electron chi connectivity index (χ3n) is 15.4. The van der Waals surface area contributed by atoms with Gasteiger partial charge in [0.25, 0.3) is 0 Å². The number of rotatable bonds is 10. The van der Waals surface area contributed by atoms with E-state index >= 15 is 0 Å². The molecule has 0 heterocycles. The highest BCUT2D eigenvalue weighted by Crippen LogP contribution is 2.50. The first-order valence-corrected chi connectivity index (χ1v) is 29.2. The van der Waals surface area contributed by atoms with Crippen molar-refractivity contribution in [2.75, 3.05) is 0 Å². The summed E-state index contributed by atoms with van der Waals surface area (Å²) < 4.78 is 150. The maximum atomic E-state index is 14.5. The summed E-state index contributed by atoms with van der Waals surface area (Å²) in [7, 11) is -12.5. The van der Waals surface area contributed by atoms with Gasteiger partial charge in [-0.2, -0.15) is 43.2 Å². The average Bonchev–Trinajstić information content (AvgIpc) is 2.53. The van der Waals surface area contributed by atoms with Crippen LogP contribution < -0.4 is 8.37 Å². The monoisotopic (exact) mass is 1150 g/mol. The molecule has 420 valence electrons. The minimum atomic E-state index is -6.24. The van der Waals surface area contributed by atoms with Crippen LogP contribution in [0.25, 0.3) is 99.1 Å². The molecule has 0 aromatic heterocycles. The minimum Gasteiger partial charge on any atom is -0.375 e. The topological polar surface area (TPSA) is 86.7 Å². The van der Waals surface area contributed by atoms with Crippen LogP contribution in [-0.2, 0) is 20.2 Å². The van der Waals surface area contributed by atoms with E-state index in [0.717, 1.165) is 100 Å². The van der Waals surface area contributed by atoms with E-state index in [1.165, 1.54) is 24.3 Å². The summed E-state index contributed by atoms with van der Waals surface area (Å²) >= 11 is 0. The molecule has 0 fully saturated rings. The highest BCUT2D eigenvalue weighted by Gasteiger charge is 2.50. The van der Waals surface area contributed by atoms with Gasteiger partial charge in [0.2, 0.25) is 0 Å². The fourth-order valence-corrected chi connectivity index (χ4v) is 13.6. The van der Waals surface area contributed by atoms with Gasteiger partial charge in [0.05, 0.1) is 0 Å². The summed E-state index contributed by atoms with van der Waals surface area (Å²) in [5, 5.41) is 2.98. The normalized spacial score (nSPS) is 12.5. The Morgan fingerprint density at radius 2 is 0.524 bits per heavy atom. The zero-order valence-corrected chi connectivity index (χ0v) is 48.9. The molecule has 0 aliphatic rings. The number of halogens is 6. The third-order valence-corrected chi connectivity index (χ3v) is 17.4. The first kappa shape index (κ1) is 57.3. The van der Waals surface area contributed by atoms with Crippen molar-refractivity contribution in [3.63, 3.8) is 0 Å². The summed E-state index contributed by atoms with van der Waals surface area (Å²) in [6.07, 6.45) is 0. The molecule has 0 N–H and O–H groups in total. The molecule has 10 aromatic rings. The van der Waals surface area contributed by atoms with Crippen molar-refractivity contribution in [3.8, 4) is 78.3 Å². The van der Waals surface area contributed by atoms with Crippen LogP contribution in [0.1, 0.15) is 66.8 Å². The Kier molecular flexibility index (Phi) is 14.3. The van der Waals surface area contributed by atoms with Gasteiger partial charge in [-0.3, -0.25) is 0 Å². The van der Waals surface area contributed by atoms with Gasteiger partial charge in [-0.15, -0.1) is 0 Å². The van der Waals surface area contributed by atoms with E-state index in [-0.39, 0.29) is 11.1 Å². The van der Waals surface area contributed by atoms with Crippen LogP contribution in [0.5, 0.6) is 11.5 Å². The highest BCUT2D eigenvalue weighted by molar-refractivity contribution is 7.88. The van der Waals surface area contributed by atoms with Crippen LogP contribution >= 0.6 is 0 Å². The maximum absolute atomic E-state index is 14.5. The molecule has 0 aliphatic heterocycles. The lowest BCUT2D eigenvalue weighted by molar-refractivity contribution is -0.0504. The van der Waals surface area contributed by atoms with Crippen LogP contribution in [-0.4, -0.2) is 27.9 Å². The zero-order chi connectivity index (χ0) is 59.4. The first-order chi connectivity index (χ1) is 38.3. The number of fused-ring (bicyclic) bond motifs is 5. The number of hydrogen-bond acceptors (Lipinski definition) is 6. The minimum absolute atomic E-state index is 0.0235. The molecule has 0 saturated heterocycles. The lowest BCUT2D eigenvalue weighted by Gasteiger charge is -2.22. The SMILES string of the molecule is Cc1cc(C)c(-c2ccc(OS(=O)(=O)C(F)(F)F)c(-c3cc4c5ccc(-c6c(C)cc(C)cc6C)cc5c(-c5cc(-c6c(C)cc(C)cc6C)ccc5OS(=O)(=O)C(F)(F)F)cc4c4ccc(-c5c(C)cc(C)cc5C)cc34)c2)c(C)c1. The van der Waals surface area contributed by atoms with E-state index in [0.29, 0.717) is 54.6 Å². The Morgan fingerprint density at radius 3 is 0.780 bits per heavy atom. The quantitative estimate of drug-likeness (QED) is 0.0587. The Morgan fingerprint density at radius 1 is 0.280 bits per heavy atom. The Bertz CT molecular complexity index is 4210. The van der Waals surface area contributed by atoms with Crippen molar-refractivity contribution in [3.05, 3.63) is 200 Å². The predicted octanol–water partition coefficient (Wildman–Crippen LogP) is 19.3. The lowest BCUT2D eigenvalue weighted by atomic mass is 9.83. The third kappa shape index (κ3) is 10.3. The van der Waals surface area contributed by atoms with Crippen molar-refractivity contribution in [2.24, 2.45) is 0 Å².